The van der Waals surface area contributed by atoms with Gasteiger partial charge in [-0.15, -0.1) is 0 Å². The van der Waals surface area contributed by atoms with Crippen LogP contribution < -0.4 is 10.6 Å². The van der Waals surface area contributed by atoms with Crippen molar-refractivity contribution in [2.24, 2.45) is 0 Å². The molecule has 5 N–H and O–H groups in total. The van der Waals surface area contributed by atoms with Gasteiger partial charge in [0.1, 0.15) is 0 Å². The third kappa shape index (κ3) is 16.7. The summed E-state index contributed by atoms with van der Waals surface area (Å²) in [6, 6.07) is 40.4. The third-order valence-electron chi connectivity index (χ3n) is 16.7. The number of carbonyl (C=O) groups excluding carboxylic acids is 5. The summed E-state index contributed by atoms with van der Waals surface area (Å²) in [5.41, 5.74) is 6.29. The van der Waals surface area contributed by atoms with Gasteiger partial charge < -0.3 is 59.6 Å². The van der Waals surface area contributed by atoms with Crippen LogP contribution in [0.15, 0.2) is 158 Å². The van der Waals surface area contributed by atoms with E-state index in [2.05, 4.69) is 20.8 Å². The molecule has 5 fully saturated rings. The van der Waals surface area contributed by atoms with Gasteiger partial charge in [-0.25, -0.2) is 14.2 Å². The van der Waals surface area contributed by atoms with Gasteiger partial charge in [0.2, 0.25) is 0 Å². The van der Waals surface area contributed by atoms with Crippen molar-refractivity contribution in [1.82, 2.24) is 44.9 Å². The van der Waals surface area contributed by atoms with Crippen LogP contribution in [0.4, 0.5) is 0 Å². The number of nitrogens with one attached hydrogen (secondary N) is 2. The number of hydrogen-bond acceptors (Lipinski definition) is 14. The lowest BCUT2D eigenvalue weighted by Gasteiger charge is -2.28. The highest BCUT2D eigenvalue weighted by Gasteiger charge is 2.53. The zero-order chi connectivity index (χ0) is 66.1. The van der Waals surface area contributed by atoms with Crippen molar-refractivity contribution in [1.29, 1.82) is 0 Å². The van der Waals surface area contributed by atoms with E-state index in [0.717, 1.165) is 77.7 Å². The van der Waals surface area contributed by atoms with Gasteiger partial charge in [0.05, 0.1) is 29.5 Å². The van der Waals surface area contributed by atoms with Crippen LogP contribution in [0.3, 0.4) is 0 Å². The highest BCUT2D eigenvalue weighted by molar-refractivity contribution is 6.31. The molecular weight excluding hydrogens is 1260 g/mol. The molecule has 12 rings (SSSR count). The van der Waals surface area contributed by atoms with E-state index in [9.17, 15) is 44.1 Å². The Morgan fingerprint density at radius 2 is 0.903 bits per heavy atom. The molecular formula is C68H74Cl3N9O13. The minimum atomic E-state index is -1.87. The molecule has 7 heterocycles. The Kier molecular flexibility index (Phi) is 21.8. The molecule has 490 valence electrons. The van der Waals surface area contributed by atoms with Crippen molar-refractivity contribution in [3.63, 3.8) is 0 Å². The third-order valence-corrected chi connectivity index (χ3v) is 17.4. The van der Waals surface area contributed by atoms with Crippen molar-refractivity contribution in [3.05, 3.63) is 201 Å². The molecule has 0 radical (unpaired) electrons. The number of hydrogen-bond donors (Lipinski definition) is 5. The maximum atomic E-state index is 13.6. The van der Waals surface area contributed by atoms with E-state index in [1.54, 1.807) is 83.5 Å². The molecule has 0 spiro atoms. The second kappa shape index (κ2) is 29.9. The number of aliphatic carboxylic acids is 1. The van der Waals surface area contributed by atoms with Crippen LogP contribution in [0.25, 0.3) is 11.4 Å². The van der Waals surface area contributed by atoms with Crippen LogP contribution in [0.1, 0.15) is 112 Å². The van der Waals surface area contributed by atoms with Gasteiger partial charge in [0, 0.05) is 72.6 Å². The number of rotatable bonds is 16. The summed E-state index contributed by atoms with van der Waals surface area (Å²) in [5.74, 6) is -5.82. The number of ether oxygens (including phenoxy) is 4. The summed E-state index contributed by atoms with van der Waals surface area (Å²) in [5, 5.41) is 45.7. The first-order chi connectivity index (χ1) is 44.5. The summed E-state index contributed by atoms with van der Waals surface area (Å²) in [7, 11) is 0. The van der Waals surface area contributed by atoms with Crippen LogP contribution >= 0.6 is 34.8 Å². The van der Waals surface area contributed by atoms with Crippen LogP contribution in [0, 0.1) is 0 Å². The van der Waals surface area contributed by atoms with Gasteiger partial charge >= 0.3 is 5.97 Å². The summed E-state index contributed by atoms with van der Waals surface area (Å²) in [6.45, 7) is 8.67. The molecule has 5 aliphatic rings. The predicted octanol–water partition coefficient (Wildman–Crippen LogP) is 8.86. The maximum Gasteiger partial charge on any atom is 0.336 e. The van der Waals surface area contributed by atoms with E-state index in [-0.39, 0.29) is 42.4 Å². The molecule has 5 aromatic carbocycles. The Hall–Kier alpha value is -8.03. The average Bonchev–Trinajstić information content (AvgIpc) is 1.74. The van der Waals surface area contributed by atoms with E-state index in [1.807, 2.05) is 122 Å². The van der Waals surface area contributed by atoms with Crippen LogP contribution in [-0.4, -0.2) is 153 Å². The standard InChI is InChI=1S/C27H29ClN4O4.C24H25ClN4O4.C17H20ClNO5/c1-27(2)35-23(25(33)29-17-18-9-11-21(12-10-18)32-15-5-13-30-32)24(36-27)26(34)31-14-4-8-22(31)19-6-3-7-20(28)16-19;25-18-5-1-4-17(14-18)20-6-2-12-28(20)24(33)22(31)21(30)23(32)26-15-16-7-9-19(10-8-16)29-13-3-11-27-29;1-17(2)23-13(14(24-17)16(21)22)15(20)19-8-4-7-12(19)10-5-3-6-11(18)9-10/h3,5-7,9-13,15-16,22-24H,4,8,14,17H2,1-2H3,(H,29,33);1,3-5,7-11,13-14,20-22,30-31H,2,6,12,15H2,(H,26,32);3,5-6,9,12-14H,4,7-8H2,1-2H3,(H,21,22)/t22?,23-,24-;20?,21-,22-;12?,13-,14-/m111/s1. The first kappa shape index (κ1) is 67.8. The minimum Gasteiger partial charge on any atom is -0.479 e. The molecule has 2 aromatic heterocycles. The first-order valence-corrected chi connectivity index (χ1v) is 31.9. The number of halogens is 3. The summed E-state index contributed by atoms with van der Waals surface area (Å²) >= 11 is 18.3. The zero-order valence-corrected chi connectivity index (χ0v) is 53.9. The number of amides is 5. The summed E-state index contributed by atoms with van der Waals surface area (Å²) in [6.07, 6.45) is 3.67. The maximum absolute atomic E-state index is 13.6. The van der Waals surface area contributed by atoms with Gasteiger partial charge in [-0.05, 0) is 167 Å². The first-order valence-electron chi connectivity index (χ1n) is 30.7. The number of aliphatic hydroxyl groups is 2. The van der Waals surface area contributed by atoms with Gasteiger partial charge in [0.25, 0.3) is 29.5 Å². The van der Waals surface area contributed by atoms with Crippen molar-refractivity contribution < 1.29 is 63.0 Å². The lowest BCUT2D eigenvalue weighted by atomic mass is 10.0. The van der Waals surface area contributed by atoms with Gasteiger partial charge in [-0.1, -0.05) is 95.5 Å². The van der Waals surface area contributed by atoms with Crippen LogP contribution in [-0.2, 0) is 60.8 Å². The number of benzene rings is 5. The van der Waals surface area contributed by atoms with Crippen molar-refractivity contribution in [2.75, 3.05) is 19.6 Å². The fourth-order valence-corrected chi connectivity index (χ4v) is 12.9. The van der Waals surface area contributed by atoms with E-state index < -0.39 is 66.0 Å². The van der Waals surface area contributed by atoms with E-state index in [4.69, 9.17) is 53.8 Å². The summed E-state index contributed by atoms with van der Waals surface area (Å²) < 4.78 is 26.3. The molecule has 5 aliphatic heterocycles. The molecule has 9 atom stereocenters. The minimum absolute atomic E-state index is 0.111. The van der Waals surface area contributed by atoms with E-state index in [1.165, 1.54) is 4.90 Å². The number of aliphatic hydroxyl groups excluding tert-OH is 2. The Bertz CT molecular complexity index is 3750. The molecule has 3 unspecified atom stereocenters. The second-order valence-corrected chi connectivity index (χ2v) is 25.4. The molecule has 25 heteroatoms. The predicted molar refractivity (Wildman–Crippen MR) is 344 cm³/mol. The quantitative estimate of drug-likeness (QED) is 0.0605. The number of carboxylic acid groups (broad SMARTS) is 1. The van der Waals surface area contributed by atoms with E-state index >= 15 is 0 Å². The molecule has 0 aliphatic carbocycles. The number of carboxylic acids is 1. The van der Waals surface area contributed by atoms with E-state index in [0.29, 0.717) is 41.2 Å². The van der Waals surface area contributed by atoms with Crippen molar-refractivity contribution >= 4 is 70.3 Å². The van der Waals surface area contributed by atoms with Crippen molar-refractivity contribution in [3.8, 4) is 11.4 Å². The van der Waals surface area contributed by atoms with Crippen LogP contribution in [0.5, 0.6) is 0 Å². The SMILES string of the molecule is CC1(C)O[C@@H](C(=O)NCc2ccc(-n3cccn3)cc2)[C@H](C(=O)N2CCCC2c2cccc(Cl)c2)O1.CC1(C)O[C@@H](C(=O)O)[C@H](C(=O)N2CCCC2c2cccc(Cl)c2)O1.O=C(NCc1ccc(-n2cccn2)cc1)[C@H](O)[C@@H](O)C(=O)N1CCCC1c1cccc(Cl)c1. The Morgan fingerprint density at radius 1 is 0.516 bits per heavy atom. The number of nitrogens with zero attached hydrogens (tertiary/aromatic N) is 7. The smallest absolute Gasteiger partial charge is 0.336 e. The monoisotopic (exact) mass is 1330 g/mol. The molecule has 22 nitrogen and oxygen atoms in total. The molecule has 5 saturated heterocycles. The van der Waals surface area contributed by atoms with Crippen LogP contribution in [0.2, 0.25) is 15.1 Å². The summed E-state index contributed by atoms with van der Waals surface area (Å²) in [4.78, 5) is 81.4. The van der Waals surface area contributed by atoms with Gasteiger partial charge in [0.15, 0.2) is 48.2 Å². The topological polar surface area (TPSA) is 269 Å². The average molecular weight is 1330 g/mol. The molecule has 7 aromatic rings. The van der Waals surface area contributed by atoms with Crippen molar-refractivity contribution in [2.45, 2.75) is 146 Å². The molecule has 0 bridgehead atoms. The second-order valence-electron chi connectivity index (χ2n) is 24.1. The molecule has 93 heavy (non-hydrogen) atoms. The highest BCUT2D eigenvalue weighted by atomic mass is 35.5. The van der Waals surface area contributed by atoms with Gasteiger partial charge in [-0.3, -0.25) is 24.0 Å². The number of likely N-dealkylation sites (tertiary alicyclic amines) is 3. The molecule has 5 amide bonds. The fourth-order valence-electron chi connectivity index (χ4n) is 12.3. The Balaban J connectivity index is 0.000000156. The normalized spacial score (nSPS) is 22.6. The lowest BCUT2D eigenvalue weighted by Crippen LogP contribution is -2.50. The number of carbonyl (C=O) groups is 6. The Morgan fingerprint density at radius 3 is 1.31 bits per heavy atom. The lowest BCUT2D eigenvalue weighted by molar-refractivity contribution is -0.167. The van der Waals surface area contributed by atoms with Gasteiger partial charge in [-0.2, -0.15) is 10.2 Å². The zero-order valence-electron chi connectivity index (χ0n) is 51.7. The molecule has 0 saturated carbocycles. The fraction of sp³-hybridized carbons (Fsp3) is 0.382. The largest absolute Gasteiger partial charge is 0.479 e. The highest BCUT2D eigenvalue weighted by Crippen LogP contribution is 2.40. The Labute approximate surface area is 553 Å². The number of aromatic nitrogens is 4.